The van der Waals surface area contributed by atoms with Gasteiger partial charge in [-0.05, 0) is 42.4 Å². The molecule has 0 bridgehead atoms. The molecule has 0 radical (unpaired) electrons. The Labute approximate surface area is 145 Å². The van der Waals surface area contributed by atoms with Crippen molar-refractivity contribution in [3.63, 3.8) is 0 Å². The van der Waals surface area contributed by atoms with Crippen LogP contribution in [-0.2, 0) is 5.41 Å². The topological polar surface area (TPSA) is 49.7 Å². The SMILES string of the molecule is CC1(C)CCCC2(C)C1CCC1(C)c3c(O)cc(O)cc3OCC12. The number of rotatable bonds is 0. The second kappa shape index (κ2) is 4.83. The minimum atomic E-state index is -0.0793. The summed E-state index contributed by atoms with van der Waals surface area (Å²) in [7, 11) is 0. The zero-order chi connectivity index (χ0) is 17.3. The van der Waals surface area contributed by atoms with Gasteiger partial charge in [-0.3, -0.25) is 0 Å². The van der Waals surface area contributed by atoms with Crippen molar-refractivity contribution in [3.8, 4) is 17.2 Å². The highest BCUT2D eigenvalue weighted by atomic mass is 16.5. The van der Waals surface area contributed by atoms with E-state index in [1.807, 2.05) is 0 Å². The molecule has 2 fully saturated rings. The minimum absolute atomic E-state index is 0.0759. The van der Waals surface area contributed by atoms with Crippen LogP contribution in [0.4, 0.5) is 0 Å². The van der Waals surface area contributed by atoms with Gasteiger partial charge >= 0.3 is 0 Å². The number of ether oxygens (including phenoxy) is 1. The van der Waals surface area contributed by atoms with Gasteiger partial charge in [-0.2, -0.15) is 0 Å². The molecule has 0 aromatic heterocycles. The first kappa shape index (κ1) is 16.1. The molecule has 0 saturated heterocycles. The van der Waals surface area contributed by atoms with Crippen molar-refractivity contribution in [1.82, 2.24) is 0 Å². The van der Waals surface area contributed by atoms with E-state index in [-0.39, 0.29) is 22.3 Å². The lowest BCUT2D eigenvalue weighted by Gasteiger charge is -2.63. The maximum absolute atomic E-state index is 10.6. The molecule has 1 aliphatic heterocycles. The molecule has 132 valence electrons. The number of hydrogen-bond donors (Lipinski definition) is 2. The number of phenolic OH excluding ortho intramolecular Hbond substituents is 2. The first-order valence-electron chi connectivity index (χ1n) is 9.38. The lowest BCUT2D eigenvalue weighted by Crippen LogP contribution is -2.59. The normalized spacial score (nSPS) is 40.0. The summed E-state index contributed by atoms with van der Waals surface area (Å²) >= 11 is 0. The first-order valence-corrected chi connectivity index (χ1v) is 9.38. The lowest BCUT2D eigenvalue weighted by molar-refractivity contribution is -0.124. The molecule has 3 nitrogen and oxygen atoms in total. The Kier molecular flexibility index (Phi) is 3.24. The third-order valence-electron chi connectivity index (χ3n) is 7.84. The molecule has 2 N–H and O–H groups in total. The van der Waals surface area contributed by atoms with Crippen molar-refractivity contribution in [3.05, 3.63) is 17.7 Å². The van der Waals surface area contributed by atoms with Gasteiger partial charge in [0.15, 0.2) is 0 Å². The van der Waals surface area contributed by atoms with Crippen LogP contribution in [0.25, 0.3) is 0 Å². The molecule has 3 aliphatic rings. The average Bonchev–Trinajstić information content (AvgIpc) is 2.44. The highest BCUT2D eigenvalue weighted by Gasteiger charge is 2.61. The Morgan fingerprint density at radius 1 is 1.00 bits per heavy atom. The third kappa shape index (κ3) is 1.96. The summed E-state index contributed by atoms with van der Waals surface area (Å²) in [4.78, 5) is 0. The van der Waals surface area contributed by atoms with Gasteiger partial charge < -0.3 is 14.9 Å². The second-order valence-corrected chi connectivity index (χ2v) is 9.56. The van der Waals surface area contributed by atoms with Crippen LogP contribution in [0.2, 0.25) is 0 Å². The molecule has 24 heavy (non-hydrogen) atoms. The highest BCUT2D eigenvalue weighted by Crippen LogP contribution is 2.67. The van der Waals surface area contributed by atoms with E-state index in [0.29, 0.717) is 29.6 Å². The fraction of sp³-hybridized carbons (Fsp3) is 0.714. The van der Waals surface area contributed by atoms with E-state index >= 15 is 0 Å². The zero-order valence-corrected chi connectivity index (χ0v) is 15.4. The Hall–Kier alpha value is -1.38. The number of aromatic hydroxyl groups is 2. The molecule has 4 rings (SSSR count). The smallest absolute Gasteiger partial charge is 0.130 e. The van der Waals surface area contributed by atoms with Gasteiger partial charge in [0.1, 0.15) is 17.2 Å². The van der Waals surface area contributed by atoms with E-state index in [1.54, 1.807) is 6.07 Å². The van der Waals surface area contributed by atoms with E-state index in [0.717, 1.165) is 12.0 Å². The van der Waals surface area contributed by atoms with Gasteiger partial charge in [0.25, 0.3) is 0 Å². The summed E-state index contributed by atoms with van der Waals surface area (Å²) in [6.45, 7) is 10.3. The zero-order valence-electron chi connectivity index (χ0n) is 15.4. The number of fused-ring (bicyclic) bond motifs is 5. The van der Waals surface area contributed by atoms with Crippen LogP contribution >= 0.6 is 0 Å². The molecule has 3 heteroatoms. The molecule has 0 spiro atoms. The maximum atomic E-state index is 10.6. The first-order chi connectivity index (χ1) is 11.2. The predicted molar refractivity (Wildman–Crippen MR) is 94.6 cm³/mol. The van der Waals surface area contributed by atoms with Crippen molar-refractivity contribution in [2.45, 2.75) is 65.2 Å². The van der Waals surface area contributed by atoms with Gasteiger partial charge in [-0.25, -0.2) is 0 Å². The summed E-state index contributed by atoms with van der Waals surface area (Å²) in [5, 5.41) is 20.4. The van der Waals surface area contributed by atoms with E-state index in [1.165, 1.54) is 31.7 Å². The van der Waals surface area contributed by atoms with Crippen molar-refractivity contribution in [2.75, 3.05) is 6.61 Å². The van der Waals surface area contributed by atoms with E-state index in [4.69, 9.17) is 4.74 Å². The Morgan fingerprint density at radius 2 is 1.75 bits per heavy atom. The van der Waals surface area contributed by atoms with Gasteiger partial charge in [0.05, 0.1) is 6.61 Å². The van der Waals surface area contributed by atoms with E-state index < -0.39 is 0 Å². The fourth-order valence-electron chi connectivity index (χ4n) is 6.77. The van der Waals surface area contributed by atoms with Crippen LogP contribution < -0.4 is 4.74 Å². The van der Waals surface area contributed by atoms with Crippen molar-refractivity contribution >= 4 is 0 Å². The van der Waals surface area contributed by atoms with Gasteiger partial charge in [-0.15, -0.1) is 0 Å². The standard InChI is InChI=1S/C21H30O3/c1-19(2)7-5-8-20(3)16(19)6-9-21(4)17(20)12-24-15-11-13(22)10-14(23)18(15)21/h10-11,16-17,22-23H,5-9,12H2,1-4H3. The molecule has 2 saturated carbocycles. The number of phenols is 2. The van der Waals surface area contributed by atoms with Crippen LogP contribution in [0, 0.1) is 22.7 Å². The van der Waals surface area contributed by atoms with Crippen molar-refractivity contribution in [2.24, 2.45) is 22.7 Å². The Bertz CT molecular complexity index is 680. The fourth-order valence-corrected chi connectivity index (χ4v) is 6.77. The molecule has 4 atom stereocenters. The lowest BCUT2D eigenvalue weighted by atomic mass is 9.42. The van der Waals surface area contributed by atoms with Crippen LogP contribution in [0.1, 0.15) is 65.4 Å². The molecule has 1 heterocycles. The maximum Gasteiger partial charge on any atom is 0.130 e. The Morgan fingerprint density at radius 3 is 2.50 bits per heavy atom. The monoisotopic (exact) mass is 330 g/mol. The molecule has 2 aliphatic carbocycles. The van der Waals surface area contributed by atoms with Crippen LogP contribution in [-0.4, -0.2) is 16.8 Å². The van der Waals surface area contributed by atoms with Gasteiger partial charge in [-0.1, -0.05) is 34.1 Å². The van der Waals surface area contributed by atoms with Crippen molar-refractivity contribution < 1.29 is 14.9 Å². The molecule has 1 aromatic rings. The Balaban J connectivity index is 1.84. The van der Waals surface area contributed by atoms with Crippen LogP contribution in [0.5, 0.6) is 17.2 Å². The summed E-state index contributed by atoms with van der Waals surface area (Å²) in [6.07, 6.45) is 6.12. The second-order valence-electron chi connectivity index (χ2n) is 9.56. The van der Waals surface area contributed by atoms with Gasteiger partial charge in [0.2, 0.25) is 0 Å². The summed E-state index contributed by atoms with van der Waals surface area (Å²) in [6, 6.07) is 3.13. The largest absolute Gasteiger partial charge is 0.508 e. The number of hydrogen-bond acceptors (Lipinski definition) is 3. The molecule has 0 amide bonds. The summed E-state index contributed by atoms with van der Waals surface area (Å²) < 4.78 is 6.08. The highest BCUT2D eigenvalue weighted by molar-refractivity contribution is 5.55. The average molecular weight is 330 g/mol. The third-order valence-corrected chi connectivity index (χ3v) is 7.84. The van der Waals surface area contributed by atoms with E-state index in [2.05, 4.69) is 27.7 Å². The molecular weight excluding hydrogens is 300 g/mol. The number of benzene rings is 1. The predicted octanol–water partition coefficient (Wildman–Crippen LogP) is 4.99. The van der Waals surface area contributed by atoms with E-state index in [9.17, 15) is 10.2 Å². The molecule has 4 unspecified atom stereocenters. The molecular formula is C21H30O3. The molecule has 1 aromatic carbocycles. The summed E-state index contributed by atoms with van der Waals surface area (Å²) in [5.74, 6) is 2.05. The van der Waals surface area contributed by atoms with Gasteiger partial charge in [0, 0.05) is 29.0 Å². The van der Waals surface area contributed by atoms with Crippen LogP contribution in [0.15, 0.2) is 12.1 Å². The van der Waals surface area contributed by atoms with Crippen molar-refractivity contribution in [1.29, 1.82) is 0 Å². The van der Waals surface area contributed by atoms with Crippen LogP contribution in [0.3, 0.4) is 0 Å². The minimum Gasteiger partial charge on any atom is -0.508 e. The quantitative estimate of drug-likeness (QED) is 0.704. The summed E-state index contributed by atoms with van der Waals surface area (Å²) in [5.41, 5.74) is 1.46.